The van der Waals surface area contributed by atoms with Crippen molar-refractivity contribution in [2.45, 2.75) is 51.0 Å². The van der Waals surface area contributed by atoms with Crippen LogP contribution in [0.4, 0.5) is 4.79 Å². The lowest BCUT2D eigenvalue weighted by Gasteiger charge is -2.33. The van der Waals surface area contributed by atoms with E-state index in [1.54, 1.807) is 11.0 Å². The molecule has 1 amide bonds. The van der Waals surface area contributed by atoms with Crippen LogP contribution in [0.3, 0.4) is 0 Å². The molecule has 1 heterocycles. The Morgan fingerprint density at radius 2 is 1.74 bits per heavy atom. The van der Waals surface area contributed by atoms with E-state index in [4.69, 9.17) is 36.9 Å². The van der Waals surface area contributed by atoms with Crippen LogP contribution in [0.25, 0.3) is 0 Å². The fourth-order valence-corrected chi connectivity index (χ4v) is 5.17. The number of hydrogen-bond acceptors (Lipinski definition) is 6. The highest BCUT2D eigenvalue weighted by Crippen LogP contribution is 2.32. The first-order chi connectivity index (χ1) is 15.8. The Kier molecular flexibility index (Phi) is 8.26. The molecule has 3 rings (SSSR count). The second-order valence-corrected chi connectivity index (χ2v) is 11.6. The first-order valence-electron chi connectivity index (χ1n) is 10.9. The van der Waals surface area contributed by atoms with Gasteiger partial charge in [0.2, 0.25) is 0 Å². The molecule has 0 spiro atoms. The van der Waals surface area contributed by atoms with Crippen LogP contribution >= 0.6 is 23.2 Å². The van der Waals surface area contributed by atoms with Gasteiger partial charge in [-0.15, -0.1) is 0 Å². The van der Waals surface area contributed by atoms with Gasteiger partial charge < -0.3 is 18.6 Å². The van der Waals surface area contributed by atoms with Crippen molar-refractivity contribution in [3.05, 3.63) is 52.0 Å². The number of hydrogen-bond donors (Lipinski definition) is 0. The molecular weight excluding hydrogens is 501 g/mol. The van der Waals surface area contributed by atoms with E-state index in [0.29, 0.717) is 25.4 Å². The van der Waals surface area contributed by atoms with Crippen molar-refractivity contribution in [3.8, 4) is 11.5 Å². The van der Waals surface area contributed by atoms with Crippen LogP contribution in [0.5, 0.6) is 11.5 Å². The van der Waals surface area contributed by atoms with Gasteiger partial charge in [-0.05, 0) is 76.3 Å². The van der Waals surface area contributed by atoms with E-state index in [9.17, 15) is 13.2 Å². The molecule has 10 heteroatoms. The number of benzene rings is 2. The van der Waals surface area contributed by atoms with Crippen molar-refractivity contribution >= 4 is 39.4 Å². The zero-order chi connectivity index (χ0) is 25.1. The Hall–Kier alpha value is -2.16. The van der Waals surface area contributed by atoms with Gasteiger partial charge in [-0.1, -0.05) is 29.3 Å². The van der Waals surface area contributed by atoms with Crippen LogP contribution in [0, 0.1) is 12.8 Å². The van der Waals surface area contributed by atoms with Gasteiger partial charge in [-0.25, -0.2) is 4.79 Å². The highest BCUT2D eigenvalue weighted by molar-refractivity contribution is 7.87. The first-order valence-corrected chi connectivity index (χ1v) is 13.1. The van der Waals surface area contributed by atoms with E-state index < -0.39 is 15.7 Å². The van der Waals surface area contributed by atoms with Gasteiger partial charge >= 0.3 is 16.2 Å². The third-order valence-electron chi connectivity index (χ3n) is 5.17. The second kappa shape index (κ2) is 10.6. The summed E-state index contributed by atoms with van der Waals surface area (Å²) in [6.07, 6.45) is 1.28. The van der Waals surface area contributed by atoms with E-state index in [1.165, 1.54) is 24.3 Å². The van der Waals surface area contributed by atoms with Gasteiger partial charge in [0, 0.05) is 19.2 Å². The lowest BCUT2D eigenvalue weighted by molar-refractivity contribution is 0.0165. The fourth-order valence-electron chi connectivity index (χ4n) is 3.52. The summed E-state index contributed by atoms with van der Waals surface area (Å²) in [7, 11) is -4.18. The van der Waals surface area contributed by atoms with Crippen molar-refractivity contribution in [3.63, 3.8) is 0 Å². The summed E-state index contributed by atoms with van der Waals surface area (Å²) >= 11 is 12.0. The van der Waals surface area contributed by atoms with Crippen LogP contribution < -0.4 is 8.92 Å². The molecule has 1 aliphatic rings. The monoisotopic (exact) mass is 529 g/mol. The SMILES string of the molecule is Cc1cc(OCC2CCN(C(=O)OC(C)(C)C)CC2)cc(OS(=O)(=O)c2cccc(Cl)c2Cl)c1. The van der Waals surface area contributed by atoms with Crippen molar-refractivity contribution in [2.75, 3.05) is 19.7 Å². The Labute approximate surface area is 211 Å². The quantitative estimate of drug-likeness (QED) is 0.420. The summed E-state index contributed by atoms with van der Waals surface area (Å²) in [5.41, 5.74) is 0.257. The fraction of sp³-hybridized carbons (Fsp3) is 0.458. The number of halogens is 2. The van der Waals surface area contributed by atoms with Gasteiger partial charge in [0.05, 0.1) is 16.7 Å². The van der Waals surface area contributed by atoms with Gasteiger partial charge in [0.25, 0.3) is 0 Å². The molecule has 0 aromatic heterocycles. The van der Waals surface area contributed by atoms with Gasteiger partial charge in [-0.2, -0.15) is 8.42 Å². The van der Waals surface area contributed by atoms with Crippen molar-refractivity contribution in [1.29, 1.82) is 0 Å². The average molecular weight is 530 g/mol. The predicted octanol–water partition coefficient (Wildman–Crippen LogP) is 6.10. The number of carbonyl (C=O) groups excluding carboxylic acids is 1. The molecule has 2 aromatic carbocycles. The number of aryl methyl sites for hydroxylation is 1. The predicted molar refractivity (Wildman–Crippen MR) is 131 cm³/mol. The maximum atomic E-state index is 12.7. The zero-order valence-electron chi connectivity index (χ0n) is 19.6. The number of likely N-dealkylation sites (tertiary alicyclic amines) is 1. The lowest BCUT2D eigenvalue weighted by atomic mass is 9.98. The molecule has 186 valence electrons. The maximum absolute atomic E-state index is 12.7. The zero-order valence-corrected chi connectivity index (χ0v) is 22.0. The summed E-state index contributed by atoms with van der Waals surface area (Å²) in [4.78, 5) is 13.7. The number of piperidine rings is 1. The number of amides is 1. The summed E-state index contributed by atoms with van der Waals surface area (Å²) in [6.45, 7) is 9.00. The average Bonchev–Trinajstić information content (AvgIpc) is 2.72. The Balaban J connectivity index is 1.60. The van der Waals surface area contributed by atoms with Crippen molar-refractivity contribution in [2.24, 2.45) is 5.92 Å². The van der Waals surface area contributed by atoms with Crippen LogP contribution in [-0.4, -0.2) is 44.7 Å². The number of carbonyl (C=O) groups is 1. The molecule has 34 heavy (non-hydrogen) atoms. The standard InChI is InChI=1S/C24H29Cl2NO6S/c1-16-12-18(31-15-17-8-10-27(11-9-17)23(28)32-24(2,3)4)14-19(13-16)33-34(29,30)21-7-5-6-20(25)22(21)26/h5-7,12-14,17H,8-11,15H2,1-4H3. The minimum absolute atomic E-state index is 0.0917. The van der Waals surface area contributed by atoms with Crippen LogP contribution in [0.2, 0.25) is 10.0 Å². The second-order valence-electron chi connectivity index (χ2n) is 9.29. The highest BCUT2D eigenvalue weighted by Gasteiger charge is 2.27. The van der Waals surface area contributed by atoms with E-state index >= 15 is 0 Å². The van der Waals surface area contributed by atoms with E-state index in [-0.39, 0.29) is 32.7 Å². The smallest absolute Gasteiger partial charge is 0.410 e. The summed E-state index contributed by atoms with van der Waals surface area (Å²) < 4.78 is 42.1. The lowest BCUT2D eigenvalue weighted by Crippen LogP contribution is -2.42. The molecule has 0 atom stereocenters. The number of ether oxygens (including phenoxy) is 2. The van der Waals surface area contributed by atoms with E-state index in [0.717, 1.165) is 18.4 Å². The molecule has 2 aromatic rings. The molecule has 0 aliphatic carbocycles. The van der Waals surface area contributed by atoms with Gasteiger partial charge in [-0.3, -0.25) is 0 Å². The number of nitrogens with zero attached hydrogens (tertiary/aromatic N) is 1. The Bertz CT molecular complexity index is 1140. The molecule has 1 fully saturated rings. The molecule has 0 radical (unpaired) electrons. The van der Waals surface area contributed by atoms with Crippen molar-refractivity contribution < 1.29 is 26.9 Å². The molecule has 0 N–H and O–H groups in total. The minimum Gasteiger partial charge on any atom is -0.493 e. The molecule has 1 aliphatic heterocycles. The normalized spacial score (nSPS) is 15.2. The minimum atomic E-state index is -4.18. The first kappa shape index (κ1) is 26.4. The van der Waals surface area contributed by atoms with E-state index in [2.05, 4.69) is 0 Å². The van der Waals surface area contributed by atoms with Crippen LogP contribution in [0.15, 0.2) is 41.3 Å². The Morgan fingerprint density at radius 3 is 2.38 bits per heavy atom. The summed E-state index contributed by atoms with van der Waals surface area (Å²) in [5.74, 6) is 0.875. The molecule has 0 bridgehead atoms. The Morgan fingerprint density at radius 1 is 1.09 bits per heavy atom. The van der Waals surface area contributed by atoms with Gasteiger partial charge in [0.15, 0.2) is 0 Å². The summed E-state index contributed by atoms with van der Waals surface area (Å²) in [5, 5.41) is 0.0309. The molecule has 7 nitrogen and oxygen atoms in total. The largest absolute Gasteiger partial charge is 0.493 e. The molecule has 0 saturated carbocycles. The molecule has 0 unspecified atom stereocenters. The molecule has 1 saturated heterocycles. The highest BCUT2D eigenvalue weighted by atomic mass is 35.5. The van der Waals surface area contributed by atoms with Gasteiger partial charge in [0.1, 0.15) is 22.0 Å². The van der Waals surface area contributed by atoms with Crippen LogP contribution in [0.1, 0.15) is 39.2 Å². The summed E-state index contributed by atoms with van der Waals surface area (Å²) in [6, 6.07) is 9.26. The maximum Gasteiger partial charge on any atom is 0.410 e. The van der Waals surface area contributed by atoms with Crippen LogP contribution in [-0.2, 0) is 14.9 Å². The number of rotatable bonds is 6. The topological polar surface area (TPSA) is 82.1 Å². The molecular formula is C24H29Cl2NO6S. The van der Waals surface area contributed by atoms with Crippen molar-refractivity contribution in [1.82, 2.24) is 4.90 Å². The third-order valence-corrected chi connectivity index (χ3v) is 7.39. The van der Waals surface area contributed by atoms with E-state index in [1.807, 2.05) is 33.8 Å². The third kappa shape index (κ3) is 7.17.